The van der Waals surface area contributed by atoms with Gasteiger partial charge in [-0.25, -0.2) is 4.98 Å². The monoisotopic (exact) mass is 289 g/mol. The van der Waals surface area contributed by atoms with Gasteiger partial charge in [-0.1, -0.05) is 0 Å². The lowest BCUT2D eigenvalue weighted by atomic mass is 10.4. The summed E-state index contributed by atoms with van der Waals surface area (Å²) in [6, 6.07) is 1.42. The average molecular weight is 290 g/mol. The number of pyridine rings is 1. The fraction of sp³-hybridized carbons (Fsp3) is 0.444. The van der Waals surface area contributed by atoms with E-state index in [0.717, 1.165) is 6.42 Å². The van der Waals surface area contributed by atoms with E-state index < -0.39 is 4.92 Å². The lowest BCUT2D eigenvalue weighted by Gasteiger charge is -2.06. The molecular formula is C9H12BrN3O3. The molecule has 1 rings (SSSR count). The minimum absolute atomic E-state index is 0.0330. The molecule has 0 atom stereocenters. The van der Waals surface area contributed by atoms with Gasteiger partial charge in [0.05, 0.1) is 9.40 Å². The molecule has 1 aromatic heterocycles. The summed E-state index contributed by atoms with van der Waals surface area (Å²) in [6.07, 6.45) is 2.07. The fourth-order valence-electron chi connectivity index (χ4n) is 1.08. The summed E-state index contributed by atoms with van der Waals surface area (Å²) < 4.78 is 5.48. The van der Waals surface area contributed by atoms with Crippen LogP contribution in [0.15, 0.2) is 16.7 Å². The highest BCUT2D eigenvalue weighted by molar-refractivity contribution is 9.10. The molecule has 0 aliphatic heterocycles. The highest BCUT2D eigenvalue weighted by atomic mass is 79.9. The molecule has 1 N–H and O–H groups in total. The number of hydrogen-bond donors (Lipinski definition) is 1. The van der Waals surface area contributed by atoms with E-state index in [1.807, 2.05) is 0 Å². The second-order valence-corrected chi connectivity index (χ2v) is 3.91. The summed E-state index contributed by atoms with van der Waals surface area (Å²) in [5.74, 6) is 0.599. The molecule has 0 bridgehead atoms. The Labute approximate surface area is 101 Å². The molecule has 0 saturated heterocycles. The maximum Gasteiger partial charge on any atom is 0.288 e. The Morgan fingerprint density at radius 2 is 2.44 bits per heavy atom. The molecule has 16 heavy (non-hydrogen) atoms. The third kappa shape index (κ3) is 3.74. The van der Waals surface area contributed by atoms with Gasteiger partial charge in [0.2, 0.25) is 0 Å². The quantitative estimate of drug-likeness (QED) is 0.493. The van der Waals surface area contributed by atoms with Crippen LogP contribution >= 0.6 is 15.9 Å². The van der Waals surface area contributed by atoms with E-state index in [-0.39, 0.29) is 5.69 Å². The van der Waals surface area contributed by atoms with E-state index in [9.17, 15) is 10.1 Å². The molecule has 0 amide bonds. The number of halogens is 1. The summed E-state index contributed by atoms with van der Waals surface area (Å²) >= 11 is 3.22. The fourth-order valence-corrected chi connectivity index (χ4v) is 1.56. The van der Waals surface area contributed by atoms with E-state index >= 15 is 0 Å². The Morgan fingerprint density at radius 1 is 1.69 bits per heavy atom. The van der Waals surface area contributed by atoms with E-state index in [0.29, 0.717) is 23.4 Å². The van der Waals surface area contributed by atoms with Crippen LogP contribution in [0.25, 0.3) is 0 Å². The van der Waals surface area contributed by atoms with Gasteiger partial charge >= 0.3 is 0 Å². The largest absolute Gasteiger partial charge is 0.385 e. The van der Waals surface area contributed by atoms with E-state index in [1.54, 1.807) is 7.11 Å². The summed E-state index contributed by atoms with van der Waals surface area (Å²) in [6.45, 7) is 1.37. The highest BCUT2D eigenvalue weighted by Crippen LogP contribution is 2.24. The first-order valence-corrected chi connectivity index (χ1v) is 5.47. The Balaban J connectivity index is 2.57. The van der Waals surface area contributed by atoms with Gasteiger partial charge in [-0.2, -0.15) is 0 Å². The van der Waals surface area contributed by atoms with Crippen LogP contribution in [-0.2, 0) is 4.74 Å². The number of ether oxygens (including phenoxy) is 1. The van der Waals surface area contributed by atoms with Crippen molar-refractivity contribution >= 4 is 27.4 Å². The Kier molecular flexibility index (Phi) is 5.13. The van der Waals surface area contributed by atoms with Crippen molar-refractivity contribution in [2.75, 3.05) is 25.6 Å². The Morgan fingerprint density at radius 3 is 3.00 bits per heavy atom. The number of aromatic nitrogens is 1. The van der Waals surface area contributed by atoms with E-state index in [4.69, 9.17) is 4.74 Å². The number of nitrogens with one attached hydrogen (secondary N) is 1. The van der Waals surface area contributed by atoms with Crippen molar-refractivity contribution in [3.05, 3.63) is 26.9 Å². The zero-order valence-electron chi connectivity index (χ0n) is 8.77. The first kappa shape index (κ1) is 12.9. The minimum atomic E-state index is -0.480. The number of nitro groups is 1. The summed E-state index contributed by atoms with van der Waals surface area (Å²) in [7, 11) is 1.64. The summed E-state index contributed by atoms with van der Waals surface area (Å²) in [4.78, 5) is 13.9. The first-order chi connectivity index (χ1) is 7.65. The molecule has 0 aliphatic carbocycles. The molecule has 0 aromatic carbocycles. The van der Waals surface area contributed by atoms with Crippen molar-refractivity contribution < 1.29 is 9.66 Å². The van der Waals surface area contributed by atoms with Crippen molar-refractivity contribution in [3.63, 3.8) is 0 Å². The first-order valence-electron chi connectivity index (χ1n) is 4.68. The molecule has 1 heterocycles. The summed E-state index contributed by atoms with van der Waals surface area (Å²) in [5, 5.41) is 13.5. The lowest BCUT2D eigenvalue weighted by Crippen LogP contribution is -2.06. The zero-order valence-corrected chi connectivity index (χ0v) is 10.4. The van der Waals surface area contributed by atoms with Gasteiger partial charge in [0.25, 0.3) is 5.69 Å². The number of methoxy groups -OCH3 is 1. The van der Waals surface area contributed by atoms with Crippen LogP contribution in [0.2, 0.25) is 0 Å². The normalized spacial score (nSPS) is 10.1. The second-order valence-electron chi connectivity index (χ2n) is 3.05. The number of hydrogen-bond acceptors (Lipinski definition) is 5. The summed E-state index contributed by atoms with van der Waals surface area (Å²) in [5.41, 5.74) is -0.0330. The van der Waals surface area contributed by atoms with Gasteiger partial charge < -0.3 is 10.1 Å². The Hall–Kier alpha value is -1.21. The van der Waals surface area contributed by atoms with Crippen molar-refractivity contribution in [1.82, 2.24) is 4.98 Å². The van der Waals surface area contributed by atoms with E-state index in [1.165, 1.54) is 12.3 Å². The molecule has 0 unspecified atom stereocenters. The van der Waals surface area contributed by atoms with Crippen molar-refractivity contribution in [2.24, 2.45) is 0 Å². The molecule has 6 nitrogen and oxygen atoms in total. The molecule has 0 saturated carbocycles. The van der Waals surface area contributed by atoms with E-state index in [2.05, 4.69) is 26.2 Å². The van der Waals surface area contributed by atoms with Gasteiger partial charge in [0.1, 0.15) is 12.0 Å². The van der Waals surface area contributed by atoms with Gasteiger partial charge in [-0.15, -0.1) is 0 Å². The third-order valence-corrected chi connectivity index (χ3v) is 2.46. The molecule has 1 aromatic rings. The molecule has 0 spiro atoms. The van der Waals surface area contributed by atoms with Gasteiger partial charge in [0, 0.05) is 26.3 Å². The predicted octanol–water partition coefficient (Wildman–Crippen LogP) is 2.20. The van der Waals surface area contributed by atoms with Crippen molar-refractivity contribution in [3.8, 4) is 0 Å². The second kappa shape index (κ2) is 6.39. The van der Waals surface area contributed by atoms with Crippen LogP contribution in [0.5, 0.6) is 0 Å². The van der Waals surface area contributed by atoms with Crippen molar-refractivity contribution in [2.45, 2.75) is 6.42 Å². The molecule has 0 radical (unpaired) electrons. The highest BCUT2D eigenvalue weighted by Gasteiger charge is 2.09. The van der Waals surface area contributed by atoms with Crippen LogP contribution in [0.3, 0.4) is 0 Å². The van der Waals surface area contributed by atoms with Gasteiger partial charge in [-0.05, 0) is 22.4 Å². The van der Waals surface area contributed by atoms with Gasteiger partial charge in [0.15, 0.2) is 0 Å². The maximum atomic E-state index is 10.5. The number of nitrogens with zero attached hydrogens (tertiary/aromatic N) is 2. The minimum Gasteiger partial charge on any atom is -0.385 e. The molecular weight excluding hydrogens is 278 g/mol. The Bertz CT molecular complexity index is 373. The van der Waals surface area contributed by atoms with Crippen molar-refractivity contribution in [1.29, 1.82) is 0 Å². The number of rotatable bonds is 6. The van der Waals surface area contributed by atoms with Crippen LogP contribution < -0.4 is 5.32 Å². The average Bonchev–Trinajstić information content (AvgIpc) is 2.26. The lowest BCUT2D eigenvalue weighted by molar-refractivity contribution is -0.385. The van der Waals surface area contributed by atoms with Crippen LogP contribution in [0.4, 0.5) is 11.5 Å². The van der Waals surface area contributed by atoms with Crippen LogP contribution in [0.1, 0.15) is 6.42 Å². The smallest absolute Gasteiger partial charge is 0.288 e. The molecule has 7 heteroatoms. The van der Waals surface area contributed by atoms with Crippen LogP contribution in [0, 0.1) is 10.1 Å². The molecule has 0 fully saturated rings. The van der Waals surface area contributed by atoms with Crippen LogP contribution in [-0.4, -0.2) is 30.2 Å². The van der Waals surface area contributed by atoms with Gasteiger partial charge in [-0.3, -0.25) is 10.1 Å². The molecule has 88 valence electrons. The topological polar surface area (TPSA) is 77.3 Å². The zero-order chi connectivity index (χ0) is 12.0. The predicted molar refractivity (Wildman–Crippen MR) is 63.6 cm³/mol. The standard InChI is InChI=1S/C9H12BrN3O3/c1-16-4-2-3-11-9-8(10)5-7(6-12-9)13(14)15/h5-6H,2-4H2,1H3,(H,11,12). The SMILES string of the molecule is COCCCNc1ncc([N+](=O)[O-])cc1Br. The molecule has 0 aliphatic rings. The maximum absolute atomic E-state index is 10.5. The third-order valence-electron chi connectivity index (χ3n) is 1.86. The number of anilines is 1.